The summed E-state index contributed by atoms with van der Waals surface area (Å²) in [4.78, 5) is 14.4. The van der Waals surface area contributed by atoms with Gasteiger partial charge < -0.3 is 9.64 Å². The van der Waals surface area contributed by atoms with E-state index in [1.165, 1.54) is 0 Å². The Bertz CT molecular complexity index is 510. The van der Waals surface area contributed by atoms with Crippen LogP contribution in [0.3, 0.4) is 0 Å². The van der Waals surface area contributed by atoms with Crippen molar-refractivity contribution in [3.8, 4) is 5.75 Å². The van der Waals surface area contributed by atoms with Gasteiger partial charge in [-0.2, -0.15) is 0 Å². The summed E-state index contributed by atoms with van der Waals surface area (Å²) >= 11 is 6.18. The van der Waals surface area contributed by atoms with Gasteiger partial charge in [0.1, 0.15) is 5.75 Å². The molecule has 0 bridgehead atoms. The summed E-state index contributed by atoms with van der Waals surface area (Å²) in [5.41, 5.74) is 1.05. The minimum atomic E-state index is -0.0967. The number of hydrogen-bond acceptors (Lipinski definition) is 3. The lowest BCUT2D eigenvalue weighted by atomic mass is 10.0. The molecule has 0 aromatic heterocycles. The number of carbonyl (C=O) groups is 1. The fourth-order valence-electron chi connectivity index (χ4n) is 2.14. The second-order valence-corrected chi connectivity index (χ2v) is 5.56. The number of rotatable bonds is 10. The number of Topliss-reactive ketones (excluding diaryl/α,β-unsaturated/α-hetero) is 1. The smallest absolute Gasteiger partial charge is 0.189 e. The molecule has 22 heavy (non-hydrogen) atoms. The van der Waals surface area contributed by atoms with Crippen molar-refractivity contribution in [3.63, 3.8) is 0 Å². The Labute approximate surface area is 138 Å². The molecule has 0 radical (unpaired) electrons. The average Bonchev–Trinajstić information content (AvgIpc) is 2.53. The quantitative estimate of drug-likeness (QED) is 0.358. The predicted molar refractivity (Wildman–Crippen MR) is 93.1 cm³/mol. The SMILES string of the molecule is C=C(CC)C(=O)c1ccc(OCCCN(CC)CC)cc1Cl. The van der Waals surface area contributed by atoms with Crippen LogP contribution in [-0.2, 0) is 0 Å². The van der Waals surface area contributed by atoms with Gasteiger partial charge in [0.15, 0.2) is 5.78 Å². The van der Waals surface area contributed by atoms with Crippen LogP contribution in [-0.4, -0.2) is 36.9 Å². The largest absolute Gasteiger partial charge is 0.493 e. The standard InChI is InChI=1S/C18H26ClNO2/c1-5-14(4)18(21)16-10-9-15(13-17(16)19)22-12-8-11-20(6-2)7-3/h9-10,13H,4-8,11-12H2,1-3H3. The molecule has 0 atom stereocenters. The van der Waals surface area contributed by atoms with Crippen molar-refractivity contribution in [2.24, 2.45) is 0 Å². The van der Waals surface area contributed by atoms with Crippen LogP contribution < -0.4 is 4.74 Å². The van der Waals surface area contributed by atoms with E-state index in [0.717, 1.165) is 26.1 Å². The molecular weight excluding hydrogens is 298 g/mol. The first-order valence-corrected chi connectivity index (χ1v) is 8.28. The van der Waals surface area contributed by atoms with Gasteiger partial charge >= 0.3 is 0 Å². The van der Waals surface area contributed by atoms with E-state index >= 15 is 0 Å². The lowest BCUT2D eigenvalue weighted by Crippen LogP contribution is -2.25. The van der Waals surface area contributed by atoms with E-state index < -0.39 is 0 Å². The van der Waals surface area contributed by atoms with Gasteiger partial charge in [-0.15, -0.1) is 0 Å². The van der Waals surface area contributed by atoms with Crippen molar-refractivity contribution in [2.45, 2.75) is 33.6 Å². The van der Waals surface area contributed by atoms with Gasteiger partial charge in [0.2, 0.25) is 0 Å². The monoisotopic (exact) mass is 323 g/mol. The van der Waals surface area contributed by atoms with Crippen LogP contribution in [0.1, 0.15) is 44.0 Å². The average molecular weight is 324 g/mol. The minimum Gasteiger partial charge on any atom is -0.493 e. The maximum atomic E-state index is 12.1. The Morgan fingerprint density at radius 2 is 1.95 bits per heavy atom. The molecule has 0 heterocycles. The normalized spacial score (nSPS) is 10.8. The number of ether oxygens (including phenoxy) is 1. The summed E-state index contributed by atoms with van der Waals surface area (Å²) < 4.78 is 5.70. The third-order valence-electron chi connectivity index (χ3n) is 3.71. The topological polar surface area (TPSA) is 29.5 Å². The molecule has 1 rings (SSSR count). The van der Waals surface area contributed by atoms with Crippen molar-refractivity contribution < 1.29 is 9.53 Å². The zero-order valence-corrected chi connectivity index (χ0v) is 14.6. The van der Waals surface area contributed by atoms with Crippen LogP contribution in [0.4, 0.5) is 0 Å². The second kappa shape index (κ2) is 9.65. The first-order valence-electron chi connectivity index (χ1n) is 7.90. The van der Waals surface area contributed by atoms with Gasteiger partial charge in [0.25, 0.3) is 0 Å². The fraction of sp³-hybridized carbons (Fsp3) is 0.500. The molecule has 0 spiro atoms. The first kappa shape index (κ1) is 18.7. The Morgan fingerprint density at radius 1 is 1.27 bits per heavy atom. The second-order valence-electron chi connectivity index (χ2n) is 5.16. The molecule has 1 aromatic carbocycles. The number of carbonyl (C=O) groups excluding carboxylic acids is 1. The molecule has 1 aromatic rings. The Balaban J connectivity index is 2.55. The molecule has 3 nitrogen and oxygen atoms in total. The summed E-state index contributed by atoms with van der Waals surface area (Å²) in [5, 5.41) is 0.417. The number of hydrogen-bond donors (Lipinski definition) is 0. The van der Waals surface area contributed by atoms with E-state index in [1.54, 1.807) is 18.2 Å². The molecule has 0 aliphatic carbocycles. The first-order chi connectivity index (χ1) is 10.5. The minimum absolute atomic E-state index is 0.0967. The van der Waals surface area contributed by atoms with E-state index in [-0.39, 0.29) is 5.78 Å². The van der Waals surface area contributed by atoms with Crippen molar-refractivity contribution >= 4 is 17.4 Å². The number of benzene rings is 1. The van der Waals surface area contributed by atoms with E-state index in [4.69, 9.17) is 16.3 Å². The van der Waals surface area contributed by atoms with Gasteiger partial charge in [0, 0.05) is 12.1 Å². The summed E-state index contributed by atoms with van der Waals surface area (Å²) in [6.45, 7) is 13.8. The molecule has 0 aliphatic heterocycles. The maximum absolute atomic E-state index is 12.1. The van der Waals surface area contributed by atoms with E-state index in [1.807, 2.05) is 6.92 Å². The zero-order valence-electron chi connectivity index (χ0n) is 13.8. The molecule has 0 amide bonds. The third kappa shape index (κ3) is 5.47. The Morgan fingerprint density at radius 3 is 2.50 bits per heavy atom. The summed E-state index contributed by atoms with van der Waals surface area (Å²) in [7, 11) is 0. The Hall–Kier alpha value is -1.32. The Kier molecular flexibility index (Phi) is 8.21. The highest BCUT2D eigenvalue weighted by molar-refractivity contribution is 6.35. The molecule has 4 heteroatoms. The van der Waals surface area contributed by atoms with E-state index in [9.17, 15) is 4.79 Å². The molecule has 0 N–H and O–H groups in total. The number of halogens is 1. The van der Waals surface area contributed by atoms with Crippen LogP contribution in [0.25, 0.3) is 0 Å². The lowest BCUT2D eigenvalue weighted by molar-refractivity contribution is 0.103. The van der Waals surface area contributed by atoms with Gasteiger partial charge in [-0.3, -0.25) is 4.79 Å². The highest BCUT2D eigenvalue weighted by Crippen LogP contribution is 2.25. The molecule has 0 aliphatic rings. The van der Waals surface area contributed by atoms with Gasteiger partial charge in [-0.05, 0) is 49.7 Å². The number of allylic oxidation sites excluding steroid dienone is 1. The van der Waals surface area contributed by atoms with Crippen LogP contribution >= 0.6 is 11.6 Å². The van der Waals surface area contributed by atoms with Crippen molar-refractivity contribution in [3.05, 3.63) is 40.9 Å². The highest BCUT2D eigenvalue weighted by atomic mass is 35.5. The van der Waals surface area contributed by atoms with Gasteiger partial charge in [-0.25, -0.2) is 0 Å². The van der Waals surface area contributed by atoms with Crippen molar-refractivity contribution in [1.29, 1.82) is 0 Å². The predicted octanol–water partition coefficient (Wildman–Crippen LogP) is 4.60. The van der Waals surface area contributed by atoms with Crippen LogP contribution in [0.5, 0.6) is 5.75 Å². The highest BCUT2D eigenvalue weighted by Gasteiger charge is 2.13. The van der Waals surface area contributed by atoms with Crippen molar-refractivity contribution in [2.75, 3.05) is 26.2 Å². The summed E-state index contributed by atoms with van der Waals surface area (Å²) in [6.07, 6.45) is 1.59. The maximum Gasteiger partial charge on any atom is 0.189 e. The van der Waals surface area contributed by atoms with Gasteiger partial charge in [0.05, 0.1) is 11.6 Å². The number of nitrogens with zero attached hydrogens (tertiary/aromatic N) is 1. The third-order valence-corrected chi connectivity index (χ3v) is 4.03. The molecule has 0 saturated heterocycles. The van der Waals surface area contributed by atoms with Crippen LogP contribution in [0.15, 0.2) is 30.4 Å². The van der Waals surface area contributed by atoms with E-state index in [2.05, 4.69) is 25.3 Å². The molecule has 122 valence electrons. The molecule has 0 saturated carbocycles. The van der Waals surface area contributed by atoms with E-state index in [0.29, 0.717) is 34.9 Å². The summed E-state index contributed by atoms with van der Waals surface area (Å²) in [5.74, 6) is 0.601. The summed E-state index contributed by atoms with van der Waals surface area (Å²) in [6, 6.07) is 5.21. The number of ketones is 1. The lowest BCUT2D eigenvalue weighted by Gasteiger charge is -2.17. The molecule has 0 fully saturated rings. The van der Waals surface area contributed by atoms with Crippen LogP contribution in [0, 0.1) is 0 Å². The van der Waals surface area contributed by atoms with Crippen LogP contribution in [0.2, 0.25) is 5.02 Å². The van der Waals surface area contributed by atoms with Crippen molar-refractivity contribution in [1.82, 2.24) is 4.90 Å². The van der Waals surface area contributed by atoms with Gasteiger partial charge in [-0.1, -0.05) is 39.0 Å². The fourth-order valence-corrected chi connectivity index (χ4v) is 2.40. The zero-order chi connectivity index (χ0) is 16.5. The molecule has 0 unspecified atom stereocenters. The molecular formula is C18H26ClNO2.